The van der Waals surface area contributed by atoms with Gasteiger partial charge in [-0.2, -0.15) is 0 Å². The molecule has 0 aliphatic carbocycles. The molecular formula is C14H24O4. The Morgan fingerprint density at radius 2 is 1.83 bits per heavy atom. The third kappa shape index (κ3) is 4.10. The maximum Gasteiger partial charge on any atom is 0.334 e. The lowest BCUT2D eigenvalue weighted by Gasteiger charge is -2.18. The zero-order valence-corrected chi connectivity index (χ0v) is 11.1. The Kier molecular flexibility index (Phi) is 6.36. The summed E-state index contributed by atoms with van der Waals surface area (Å²) in [6.45, 7) is 5.74. The average molecular weight is 256 g/mol. The van der Waals surface area contributed by atoms with Gasteiger partial charge in [-0.3, -0.25) is 0 Å². The summed E-state index contributed by atoms with van der Waals surface area (Å²) in [6.07, 6.45) is 5.63. The highest BCUT2D eigenvalue weighted by molar-refractivity contribution is 5.90. The maximum atomic E-state index is 11.3. The van der Waals surface area contributed by atoms with Crippen molar-refractivity contribution in [3.05, 3.63) is 12.2 Å². The molecule has 4 nitrogen and oxygen atoms in total. The molecule has 2 N–H and O–H groups in total. The average Bonchev–Trinajstić information content (AvgIpc) is 2.59. The van der Waals surface area contributed by atoms with E-state index in [1.807, 2.05) is 0 Å². The molecule has 0 radical (unpaired) electrons. The van der Waals surface area contributed by atoms with Crippen LogP contribution in [0.25, 0.3) is 0 Å². The maximum absolute atomic E-state index is 11.3. The molecule has 1 aliphatic heterocycles. The summed E-state index contributed by atoms with van der Waals surface area (Å²) in [5.41, 5.74) is 0.181. The van der Waals surface area contributed by atoms with Gasteiger partial charge in [-0.25, -0.2) is 4.79 Å². The van der Waals surface area contributed by atoms with Crippen LogP contribution in [0.4, 0.5) is 0 Å². The van der Waals surface area contributed by atoms with E-state index in [9.17, 15) is 15.0 Å². The van der Waals surface area contributed by atoms with Crippen LogP contribution >= 0.6 is 0 Å². The van der Waals surface area contributed by atoms with E-state index in [-0.39, 0.29) is 5.57 Å². The zero-order valence-electron chi connectivity index (χ0n) is 11.1. The first-order valence-electron chi connectivity index (χ1n) is 6.83. The van der Waals surface area contributed by atoms with Gasteiger partial charge in [-0.15, -0.1) is 0 Å². The first-order chi connectivity index (χ1) is 8.57. The second-order valence-corrected chi connectivity index (χ2v) is 4.96. The molecule has 2 atom stereocenters. The van der Waals surface area contributed by atoms with Crippen molar-refractivity contribution in [2.45, 2.75) is 64.3 Å². The molecule has 0 aromatic heterocycles. The molecule has 0 saturated carbocycles. The molecule has 0 amide bonds. The number of aliphatic hydroxyl groups excluding tert-OH is 1. The molecule has 1 heterocycles. The summed E-state index contributed by atoms with van der Waals surface area (Å²) in [7, 11) is 0. The van der Waals surface area contributed by atoms with Crippen molar-refractivity contribution in [3.8, 4) is 0 Å². The molecule has 1 rings (SSSR count). The van der Waals surface area contributed by atoms with Crippen molar-refractivity contribution in [2.75, 3.05) is 0 Å². The van der Waals surface area contributed by atoms with Gasteiger partial charge in [0.15, 0.2) is 6.29 Å². The number of cyclic esters (lactones) is 1. The summed E-state index contributed by atoms with van der Waals surface area (Å²) in [5, 5.41) is 18.5. The normalized spacial score (nSPS) is 23.8. The first kappa shape index (κ1) is 15.2. The highest BCUT2D eigenvalue weighted by Gasteiger charge is 2.41. The van der Waals surface area contributed by atoms with Crippen LogP contribution in [0, 0.1) is 5.92 Å². The van der Waals surface area contributed by atoms with Crippen molar-refractivity contribution in [1.82, 2.24) is 0 Å². The minimum atomic E-state index is -1.56. The predicted molar refractivity (Wildman–Crippen MR) is 68.7 cm³/mol. The lowest BCUT2D eigenvalue weighted by atomic mass is 9.93. The quantitative estimate of drug-likeness (QED) is 0.302. The lowest BCUT2D eigenvalue weighted by molar-refractivity contribution is -0.141. The summed E-state index contributed by atoms with van der Waals surface area (Å²) in [4.78, 5) is 11.3. The molecule has 18 heavy (non-hydrogen) atoms. The van der Waals surface area contributed by atoms with E-state index >= 15 is 0 Å². The Hall–Kier alpha value is -0.870. The highest BCUT2D eigenvalue weighted by atomic mass is 16.6. The van der Waals surface area contributed by atoms with Crippen molar-refractivity contribution >= 4 is 5.97 Å². The predicted octanol–water partition coefficient (Wildman–Crippen LogP) is 2.15. The number of aliphatic hydroxyl groups is 2. The van der Waals surface area contributed by atoms with E-state index in [1.165, 1.54) is 25.7 Å². The fourth-order valence-corrected chi connectivity index (χ4v) is 2.38. The van der Waals surface area contributed by atoms with Crippen molar-refractivity contribution < 1.29 is 19.7 Å². The van der Waals surface area contributed by atoms with Gasteiger partial charge in [0.2, 0.25) is 0 Å². The Bertz CT molecular complexity index is 286. The molecule has 1 aliphatic rings. The van der Waals surface area contributed by atoms with Gasteiger partial charge in [0.1, 0.15) is 6.10 Å². The Labute approximate surface area is 109 Å². The van der Waals surface area contributed by atoms with E-state index in [4.69, 9.17) is 4.74 Å². The van der Waals surface area contributed by atoms with Crippen LogP contribution in [-0.2, 0) is 9.53 Å². The topological polar surface area (TPSA) is 66.8 Å². The van der Waals surface area contributed by atoms with Crippen molar-refractivity contribution in [1.29, 1.82) is 0 Å². The second kappa shape index (κ2) is 7.54. The van der Waals surface area contributed by atoms with Gasteiger partial charge in [-0.05, 0) is 12.8 Å². The molecule has 4 heteroatoms. The number of esters is 1. The summed E-state index contributed by atoms with van der Waals surface area (Å²) < 4.78 is 5.12. The van der Waals surface area contributed by atoms with Crippen molar-refractivity contribution in [3.63, 3.8) is 0 Å². The van der Waals surface area contributed by atoms with Crippen LogP contribution in [0.15, 0.2) is 12.2 Å². The first-order valence-corrected chi connectivity index (χ1v) is 6.83. The highest BCUT2D eigenvalue weighted by Crippen LogP contribution is 2.31. The van der Waals surface area contributed by atoms with Crippen LogP contribution in [0.2, 0.25) is 0 Å². The van der Waals surface area contributed by atoms with Gasteiger partial charge in [-0.1, -0.05) is 45.6 Å². The number of ether oxygens (including phenoxy) is 1. The Balaban J connectivity index is 2.28. The molecule has 0 bridgehead atoms. The number of carbonyl (C=O) groups is 1. The SMILES string of the molecule is C=C1C(=O)OC(CCCCCCCC)C1C(O)O. The lowest BCUT2D eigenvalue weighted by Crippen LogP contribution is -2.28. The fraction of sp³-hybridized carbons (Fsp3) is 0.786. The van der Waals surface area contributed by atoms with Crippen LogP contribution in [0.3, 0.4) is 0 Å². The monoisotopic (exact) mass is 256 g/mol. The molecular weight excluding hydrogens is 232 g/mol. The molecule has 2 unspecified atom stereocenters. The van der Waals surface area contributed by atoms with Crippen LogP contribution in [0.5, 0.6) is 0 Å². The van der Waals surface area contributed by atoms with Crippen LogP contribution < -0.4 is 0 Å². The summed E-state index contributed by atoms with van der Waals surface area (Å²) in [6, 6.07) is 0. The third-order valence-corrected chi connectivity index (χ3v) is 3.49. The van der Waals surface area contributed by atoms with E-state index in [1.54, 1.807) is 0 Å². The molecule has 104 valence electrons. The Morgan fingerprint density at radius 1 is 1.22 bits per heavy atom. The molecule has 1 saturated heterocycles. The standard InChI is InChI=1S/C14H24O4/c1-3-4-5-6-7-8-9-11-12(13(15)16)10(2)14(17)18-11/h11-13,15-16H,2-9H2,1H3. The smallest absolute Gasteiger partial charge is 0.334 e. The fourth-order valence-electron chi connectivity index (χ4n) is 2.38. The van der Waals surface area contributed by atoms with Gasteiger partial charge in [0.25, 0.3) is 0 Å². The Morgan fingerprint density at radius 3 is 2.44 bits per heavy atom. The summed E-state index contributed by atoms with van der Waals surface area (Å²) >= 11 is 0. The van der Waals surface area contributed by atoms with E-state index in [2.05, 4.69) is 13.5 Å². The molecule has 1 fully saturated rings. The molecule has 0 aromatic rings. The van der Waals surface area contributed by atoms with Gasteiger partial charge < -0.3 is 14.9 Å². The largest absolute Gasteiger partial charge is 0.458 e. The number of hydrogen-bond donors (Lipinski definition) is 2. The van der Waals surface area contributed by atoms with E-state index in [0.29, 0.717) is 6.42 Å². The number of rotatable bonds is 8. The van der Waals surface area contributed by atoms with Gasteiger partial charge in [0.05, 0.1) is 5.92 Å². The van der Waals surface area contributed by atoms with Gasteiger partial charge in [0, 0.05) is 5.57 Å². The van der Waals surface area contributed by atoms with Crippen LogP contribution in [0.1, 0.15) is 51.9 Å². The number of carbonyl (C=O) groups excluding carboxylic acids is 1. The second-order valence-electron chi connectivity index (χ2n) is 4.96. The molecule has 0 aromatic carbocycles. The minimum absolute atomic E-state index is 0.181. The minimum Gasteiger partial charge on any atom is -0.458 e. The van der Waals surface area contributed by atoms with Gasteiger partial charge >= 0.3 is 5.97 Å². The molecule has 0 spiro atoms. The van der Waals surface area contributed by atoms with E-state index in [0.717, 1.165) is 12.8 Å². The zero-order chi connectivity index (χ0) is 13.5. The summed E-state index contributed by atoms with van der Waals surface area (Å²) in [5.74, 6) is -1.16. The van der Waals surface area contributed by atoms with Crippen molar-refractivity contribution in [2.24, 2.45) is 5.92 Å². The number of hydrogen-bond acceptors (Lipinski definition) is 4. The van der Waals surface area contributed by atoms with Crippen LogP contribution in [-0.4, -0.2) is 28.6 Å². The number of unbranched alkanes of at least 4 members (excludes halogenated alkanes) is 5. The third-order valence-electron chi connectivity index (χ3n) is 3.49. The van der Waals surface area contributed by atoms with E-state index < -0.39 is 24.3 Å².